The third kappa shape index (κ3) is 3.62. The summed E-state index contributed by atoms with van der Waals surface area (Å²) in [5, 5.41) is 21.9. The fraction of sp³-hybridized carbons (Fsp3) is 0.857. The second-order valence-electron chi connectivity index (χ2n) is 6.34. The Kier molecular flexibility index (Phi) is 4.52. The van der Waals surface area contributed by atoms with Gasteiger partial charge >= 0.3 is 12.0 Å². The van der Waals surface area contributed by atoms with Crippen LogP contribution in [0.25, 0.3) is 0 Å². The Morgan fingerprint density at radius 2 is 2.05 bits per heavy atom. The molecule has 2 aliphatic rings. The van der Waals surface area contributed by atoms with Crippen LogP contribution in [0, 0.1) is 11.8 Å². The van der Waals surface area contributed by atoms with Crippen LogP contribution in [-0.4, -0.2) is 52.3 Å². The third-order valence-electron chi connectivity index (χ3n) is 4.48. The van der Waals surface area contributed by atoms with Crippen molar-refractivity contribution in [2.45, 2.75) is 44.6 Å². The summed E-state index contributed by atoms with van der Waals surface area (Å²) in [7, 11) is 0. The van der Waals surface area contributed by atoms with Crippen molar-refractivity contribution in [3.8, 4) is 0 Å². The zero-order valence-corrected chi connectivity index (χ0v) is 12.0. The van der Waals surface area contributed by atoms with Gasteiger partial charge in [0, 0.05) is 13.1 Å². The highest BCUT2D eigenvalue weighted by atomic mass is 16.4. The fourth-order valence-electron chi connectivity index (χ4n) is 3.23. The topological polar surface area (TPSA) is 89.9 Å². The van der Waals surface area contributed by atoms with Crippen molar-refractivity contribution < 1.29 is 19.8 Å². The molecule has 1 aliphatic heterocycles. The number of carbonyl (C=O) groups excluding carboxylic acids is 1. The van der Waals surface area contributed by atoms with E-state index in [1.165, 1.54) is 0 Å². The zero-order chi connectivity index (χ0) is 14.8. The molecule has 2 rings (SSSR count). The van der Waals surface area contributed by atoms with Gasteiger partial charge in [-0.25, -0.2) is 4.79 Å². The molecule has 6 nitrogen and oxygen atoms in total. The minimum atomic E-state index is -0.800. The van der Waals surface area contributed by atoms with Gasteiger partial charge in [-0.1, -0.05) is 12.8 Å². The van der Waals surface area contributed by atoms with Gasteiger partial charge in [-0.2, -0.15) is 0 Å². The average molecular weight is 284 g/mol. The van der Waals surface area contributed by atoms with Crippen molar-refractivity contribution in [1.82, 2.24) is 10.2 Å². The number of nitrogens with zero attached hydrogens (tertiary/aromatic N) is 1. The van der Waals surface area contributed by atoms with Gasteiger partial charge in [0.25, 0.3) is 0 Å². The largest absolute Gasteiger partial charge is 0.481 e. The Hall–Kier alpha value is -1.30. The molecule has 0 spiro atoms. The molecule has 20 heavy (non-hydrogen) atoms. The number of carboxylic acids is 1. The van der Waals surface area contributed by atoms with E-state index in [9.17, 15) is 19.8 Å². The maximum atomic E-state index is 12.0. The molecule has 1 heterocycles. The molecular weight excluding hydrogens is 260 g/mol. The number of likely N-dealkylation sites (tertiary alicyclic amines) is 1. The van der Waals surface area contributed by atoms with Gasteiger partial charge in [0.05, 0.1) is 18.1 Å². The lowest BCUT2D eigenvalue weighted by atomic mass is 9.79. The quantitative estimate of drug-likeness (QED) is 0.722. The zero-order valence-electron chi connectivity index (χ0n) is 12.0. The normalized spacial score (nSPS) is 34.0. The van der Waals surface area contributed by atoms with Crippen LogP contribution in [0.1, 0.15) is 39.0 Å². The second-order valence-corrected chi connectivity index (χ2v) is 6.34. The summed E-state index contributed by atoms with van der Waals surface area (Å²) in [6.45, 7) is 3.02. The van der Waals surface area contributed by atoms with Gasteiger partial charge in [0.2, 0.25) is 0 Å². The highest BCUT2D eigenvalue weighted by molar-refractivity contribution is 5.75. The molecule has 0 aromatic heterocycles. The molecule has 3 atom stereocenters. The summed E-state index contributed by atoms with van der Waals surface area (Å²) in [5.74, 6) is -1.08. The summed E-state index contributed by atoms with van der Waals surface area (Å²) in [6.07, 6.45) is 4.13. The van der Waals surface area contributed by atoms with Crippen LogP contribution in [0.3, 0.4) is 0 Å². The van der Waals surface area contributed by atoms with Gasteiger partial charge in [-0.05, 0) is 32.1 Å². The van der Waals surface area contributed by atoms with Gasteiger partial charge < -0.3 is 20.4 Å². The molecule has 0 bridgehead atoms. The summed E-state index contributed by atoms with van der Waals surface area (Å²) >= 11 is 0. The van der Waals surface area contributed by atoms with Crippen molar-refractivity contribution in [2.75, 3.05) is 19.6 Å². The molecule has 0 aromatic rings. The monoisotopic (exact) mass is 284 g/mol. The lowest BCUT2D eigenvalue weighted by Crippen LogP contribution is -2.44. The fourth-order valence-corrected chi connectivity index (χ4v) is 3.23. The van der Waals surface area contributed by atoms with E-state index in [-0.39, 0.29) is 17.9 Å². The minimum Gasteiger partial charge on any atom is -0.481 e. The Morgan fingerprint density at radius 1 is 1.35 bits per heavy atom. The van der Waals surface area contributed by atoms with Crippen LogP contribution in [0.2, 0.25) is 0 Å². The van der Waals surface area contributed by atoms with Crippen LogP contribution in [-0.2, 0) is 4.79 Å². The third-order valence-corrected chi connectivity index (χ3v) is 4.48. The number of nitrogens with one attached hydrogen (secondary N) is 1. The Balaban J connectivity index is 1.82. The summed E-state index contributed by atoms with van der Waals surface area (Å²) in [4.78, 5) is 24.8. The molecule has 114 valence electrons. The lowest BCUT2D eigenvalue weighted by molar-refractivity contribution is -0.144. The Labute approximate surface area is 119 Å². The lowest BCUT2D eigenvalue weighted by Gasteiger charge is -2.29. The van der Waals surface area contributed by atoms with E-state index in [0.717, 1.165) is 19.3 Å². The van der Waals surface area contributed by atoms with Crippen LogP contribution >= 0.6 is 0 Å². The second kappa shape index (κ2) is 5.99. The van der Waals surface area contributed by atoms with E-state index in [0.29, 0.717) is 32.5 Å². The maximum Gasteiger partial charge on any atom is 0.317 e. The molecule has 6 heteroatoms. The number of hydrogen-bond donors (Lipinski definition) is 3. The molecule has 1 saturated heterocycles. The molecule has 0 aromatic carbocycles. The highest BCUT2D eigenvalue weighted by Gasteiger charge is 2.35. The standard InChI is InChI=1S/C14H24N2O4/c1-14(20)6-7-16(9-14)13(19)15-8-10-4-2-3-5-11(10)12(17)18/h10-11,20H,2-9H2,1H3,(H,15,19)(H,17,18). The first-order valence-electron chi connectivity index (χ1n) is 7.37. The van der Waals surface area contributed by atoms with Crippen LogP contribution < -0.4 is 5.32 Å². The van der Waals surface area contributed by atoms with E-state index >= 15 is 0 Å². The van der Waals surface area contributed by atoms with Crippen molar-refractivity contribution in [3.63, 3.8) is 0 Å². The average Bonchev–Trinajstić information content (AvgIpc) is 2.76. The summed E-state index contributed by atoms with van der Waals surface area (Å²) < 4.78 is 0. The highest BCUT2D eigenvalue weighted by Crippen LogP contribution is 2.30. The number of aliphatic carboxylic acids is 1. The predicted octanol–water partition coefficient (Wildman–Crippen LogP) is 1.04. The number of aliphatic hydroxyl groups is 1. The smallest absolute Gasteiger partial charge is 0.317 e. The maximum absolute atomic E-state index is 12.0. The van der Waals surface area contributed by atoms with E-state index in [1.807, 2.05) is 0 Å². The van der Waals surface area contributed by atoms with E-state index in [2.05, 4.69) is 5.32 Å². The van der Waals surface area contributed by atoms with Gasteiger partial charge in [0.1, 0.15) is 0 Å². The van der Waals surface area contributed by atoms with Gasteiger partial charge in [0.15, 0.2) is 0 Å². The van der Waals surface area contributed by atoms with Crippen molar-refractivity contribution >= 4 is 12.0 Å². The number of urea groups is 1. The first kappa shape index (κ1) is 15.1. The van der Waals surface area contributed by atoms with Crippen molar-refractivity contribution in [3.05, 3.63) is 0 Å². The molecular formula is C14H24N2O4. The Morgan fingerprint density at radius 3 is 2.65 bits per heavy atom. The van der Waals surface area contributed by atoms with Crippen LogP contribution in [0.4, 0.5) is 4.79 Å². The number of hydrogen-bond acceptors (Lipinski definition) is 3. The molecule has 1 aliphatic carbocycles. The van der Waals surface area contributed by atoms with Crippen molar-refractivity contribution in [2.24, 2.45) is 11.8 Å². The van der Waals surface area contributed by atoms with Crippen LogP contribution in [0.15, 0.2) is 0 Å². The Bertz CT molecular complexity index is 383. The van der Waals surface area contributed by atoms with Crippen molar-refractivity contribution in [1.29, 1.82) is 0 Å². The molecule has 1 saturated carbocycles. The first-order valence-corrected chi connectivity index (χ1v) is 7.37. The SMILES string of the molecule is CC1(O)CCN(C(=O)NCC2CCCCC2C(=O)O)C1. The molecule has 3 N–H and O–H groups in total. The van der Waals surface area contributed by atoms with E-state index < -0.39 is 11.6 Å². The summed E-state index contributed by atoms with van der Waals surface area (Å²) in [6, 6.07) is -0.197. The van der Waals surface area contributed by atoms with Gasteiger partial charge in [-0.15, -0.1) is 0 Å². The molecule has 2 fully saturated rings. The minimum absolute atomic E-state index is 0.0216. The summed E-state index contributed by atoms with van der Waals surface area (Å²) in [5.41, 5.74) is -0.800. The van der Waals surface area contributed by atoms with E-state index in [1.54, 1.807) is 11.8 Å². The van der Waals surface area contributed by atoms with E-state index in [4.69, 9.17) is 0 Å². The number of β-amino-alcohol motifs (C(OH)–C–C–N with tert-alkyl or cyclic N) is 1. The van der Waals surface area contributed by atoms with Gasteiger partial charge in [-0.3, -0.25) is 4.79 Å². The number of amides is 2. The molecule has 2 amide bonds. The first-order chi connectivity index (χ1) is 9.39. The molecule has 3 unspecified atom stereocenters. The number of rotatable bonds is 3. The number of carboxylic acid groups (broad SMARTS) is 1. The molecule has 0 radical (unpaired) electrons. The number of carbonyl (C=O) groups is 2. The predicted molar refractivity (Wildman–Crippen MR) is 73.3 cm³/mol. The van der Waals surface area contributed by atoms with Crippen LogP contribution in [0.5, 0.6) is 0 Å².